The number of carbonyl (C=O) groups excluding carboxylic acids is 1. The molecule has 0 radical (unpaired) electrons. The molecule has 2 aromatic carbocycles. The van der Waals surface area contributed by atoms with Gasteiger partial charge in [0.05, 0.1) is 12.1 Å². The van der Waals surface area contributed by atoms with Gasteiger partial charge in [-0.25, -0.2) is 8.78 Å². The topological polar surface area (TPSA) is 40.5 Å². The highest BCUT2D eigenvalue weighted by Gasteiger charge is 2.37. The summed E-state index contributed by atoms with van der Waals surface area (Å²) in [5.41, 5.74) is 2.49. The number of aliphatic hydroxyl groups is 1. The number of halogens is 2. The highest BCUT2D eigenvalue weighted by molar-refractivity contribution is 5.95. The first-order chi connectivity index (χ1) is 11.3. The number of rotatable bonds is 2. The van der Waals surface area contributed by atoms with E-state index in [4.69, 9.17) is 0 Å². The molecule has 0 saturated carbocycles. The second kappa shape index (κ2) is 6.32. The second-order valence-electron chi connectivity index (χ2n) is 6.41. The van der Waals surface area contributed by atoms with Crippen molar-refractivity contribution in [1.29, 1.82) is 0 Å². The SMILES string of the molecule is Cc1cc(C)cc(C(=O)N2CC(O)CC2c2cc(F)ccc2F)c1. The Labute approximate surface area is 139 Å². The summed E-state index contributed by atoms with van der Waals surface area (Å²) >= 11 is 0. The highest BCUT2D eigenvalue weighted by atomic mass is 19.1. The summed E-state index contributed by atoms with van der Waals surface area (Å²) in [6.07, 6.45) is -0.566. The molecule has 126 valence electrons. The third-order valence-electron chi connectivity index (χ3n) is 4.33. The van der Waals surface area contributed by atoms with Gasteiger partial charge in [-0.1, -0.05) is 17.2 Å². The van der Waals surface area contributed by atoms with E-state index in [0.717, 1.165) is 29.3 Å². The van der Waals surface area contributed by atoms with Crippen molar-refractivity contribution in [3.05, 3.63) is 70.3 Å². The minimum absolute atomic E-state index is 0.101. The van der Waals surface area contributed by atoms with E-state index in [1.165, 1.54) is 4.90 Å². The number of aryl methyl sites for hydroxylation is 2. The molecule has 2 aromatic rings. The van der Waals surface area contributed by atoms with E-state index in [2.05, 4.69) is 0 Å². The molecule has 2 unspecified atom stereocenters. The number of hydrogen-bond acceptors (Lipinski definition) is 2. The third-order valence-corrected chi connectivity index (χ3v) is 4.33. The zero-order valence-electron chi connectivity index (χ0n) is 13.6. The van der Waals surface area contributed by atoms with Crippen LogP contribution in [0, 0.1) is 25.5 Å². The minimum Gasteiger partial charge on any atom is -0.391 e. The van der Waals surface area contributed by atoms with Gasteiger partial charge in [0.2, 0.25) is 0 Å². The first-order valence-corrected chi connectivity index (χ1v) is 7.87. The molecule has 24 heavy (non-hydrogen) atoms. The fourth-order valence-corrected chi connectivity index (χ4v) is 3.37. The van der Waals surface area contributed by atoms with Gasteiger partial charge < -0.3 is 10.0 Å². The Kier molecular flexibility index (Phi) is 4.37. The quantitative estimate of drug-likeness (QED) is 0.914. The molecule has 1 heterocycles. The Morgan fingerprint density at radius 1 is 1.12 bits per heavy atom. The molecule has 3 nitrogen and oxygen atoms in total. The molecule has 1 fully saturated rings. The number of likely N-dealkylation sites (tertiary alicyclic amines) is 1. The Morgan fingerprint density at radius 3 is 2.46 bits per heavy atom. The van der Waals surface area contributed by atoms with Crippen LogP contribution in [0.4, 0.5) is 8.78 Å². The lowest BCUT2D eigenvalue weighted by Gasteiger charge is -2.25. The number of nitrogens with zero attached hydrogens (tertiary/aromatic N) is 1. The van der Waals surface area contributed by atoms with Crippen LogP contribution in [0.15, 0.2) is 36.4 Å². The van der Waals surface area contributed by atoms with E-state index in [-0.39, 0.29) is 24.4 Å². The molecule has 0 spiro atoms. The molecule has 2 atom stereocenters. The Morgan fingerprint density at radius 2 is 1.79 bits per heavy atom. The number of carbonyl (C=O) groups is 1. The van der Waals surface area contributed by atoms with Gasteiger partial charge in [0.25, 0.3) is 5.91 Å². The number of aliphatic hydroxyl groups excluding tert-OH is 1. The fourth-order valence-electron chi connectivity index (χ4n) is 3.37. The van der Waals surface area contributed by atoms with Crippen molar-refractivity contribution in [3.63, 3.8) is 0 Å². The number of benzene rings is 2. The molecular weight excluding hydrogens is 312 g/mol. The van der Waals surface area contributed by atoms with Crippen molar-refractivity contribution in [2.75, 3.05) is 6.54 Å². The zero-order valence-corrected chi connectivity index (χ0v) is 13.6. The number of amides is 1. The van der Waals surface area contributed by atoms with Crippen molar-refractivity contribution >= 4 is 5.91 Å². The predicted molar refractivity (Wildman–Crippen MR) is 86.7 cm³/mol. The maximum absolute atomic E-state index is 14.1. The van der Waals surface area contributed by atoms with Gasteiger partial charge in [-0.15, -0.1) is 0 Å². The number of hydrogen-bond donors (Lipinski definition) is 1. The second-order valence-corrected chi connectivity index (χ2v) is 6.41. The van der Waals surface area contributed by atoms with Crippen LogP contribution in [0.3, 0.4) is 0 Å². The van der Waals surface area contributed by atoms with Crippen molar-refractivity contribution < 1.29 is 18.7 Å². The molecule has 1 saturated heterocycles. The molecule has 0 bridgehead atoms. The van der Waals surface area contributed by atoms with Crippen molar-refractivity contribution in [2.45, 2.75) is 32.4 Å². The summed E-state index contributed by atoms with van der Waals surface area (Å²) in [6, 6.07) is 8.00. The predicted octanol–water partition coefficient (Wildman–Crippen LogP) is 3.53. The van der Waals surface area contributed by atoms with E-state index in [1.807, 2.05) is 19.9 Å². The lowest BCUT2D eigenvalue weighted by molar-refractivity contribution is 0.0713. The van der Waals surface area contributed by atoms with Crippen LogP contribution < -0.4 is 0 Å². The average Bonchev–Trinajstić information content (AvgIpc) is 2.89. The minimum atomic E-state index is -0.757. The van der Waals surface area contributed by atoms with Crippen molar-refractivity contribution in [3.8, 4) is 0 Å². The molecular formula is C19H19F2NO2. The summed E-state index contributed by atoms with van der Waals surface area (Å²) in [5, 5.41) is 9.99. The Hall–Kier alpha value is -2.27. The van der Waals surface area contributed by atoms with Gasteiger partial charge in [-0.05, 0) is 50.6 Å². The Bertz CT molecular complexity index is 771. The number of β-amino-alcohol motifs (C(OH)–C–C–N with tert-alkyl or cyclic N) is 1. The zero-order chi connectivity index (χ0) is 17.4. The summed E-state index contributed by atoms with van der Waals surface area (Å²) in [4.78, 5) is 14.3. The van der Waals surface area contributed by atoms with Crippen LogP contribution in [0.2, 0.25) is 0 Å². The van der Waals surface area contributed by atoms with Gasteiger partial charge in [-0.3, -0.25) is 4.79 Å². The van der Waals surface area contributed by atoms with Gasteiger partial charge in [-0.2, -0.15) is 0 Å². The summed E-state index contributed by atoms with van der Waals surface area (Å²) < 4.78 is 27.7. The monoisotopic (exact) mass is 331 g/mol. The van der Waals surface area contributed by atoms with Crippen LogP contribution in [0.1, 0.15) is 39.5 Å². The van der Waals surface area contributed by atoms with Crippen LogP contribution in [0.5, 0.6) is 0 Å². The van der Waals surface area contributed by atoms with E-state index >= 15 is 0 Å². The molecule has 1 amide bonds. The smallest absolute Gasteiger partial charge is 0.254 e. The van der Waals surface area contributed by atoms with Crippen molar-refractivity contribution in [2.24, 2.45) is 0 Å². The largest absolute Gasteiger partial charge is 0.391 e. The van der Waals surface area contributed by atoms with E-state index < -0.39 is 23.8 Å². The fraction of sp³-hybridized carbons (Fsp3) is 0.316. The Balaban J connectivity index is 1.98. The summed E-state index contributed by atoms with van der Waals surface area (Å²) in [7, 11) is 0. The molecule has 0 aromatic heterocycles. The molecule has 1 N–H and O–H groups in total. The lowest BCUT2D eigenvalue weighted by atomic mass is 10.0. The molecule has 1 aliphatic rings. The highest BCUT2D eigenvalue weighted by Crippen LogP contribution is 2.35. The van der Waals surface area contributed by atoms with Crippen LogP contribution in [-0.2, 0) is 0 Å². The van der Waals surface area contributed by atoms with Crippen LogP contribution in [-0.4, -0.2) is 28.6 Å². The van der Waals surface area contributed by atoms with E-state index in [1.54, 1.807) is 12.1 Å². The molecule has 1 aliphatic heterocycles. The lowest BCUT2D eigenvalue weighted by Crippen LogP contribution is -2.32. The third kappa shape index (κ3) is 3.17. The standard InChI is InChI=1S/C19H19F2NO2/c1-11-5-12(2)7-13(6-11)19(24)22-10-15(23)9-18(22)16-8-14(20)3-4-17(16)21/h3-8,15,18,23H,9-10H2,1-2H3. The summed E-state index contributed by atoms with van der Waals surface area (Å²) in [5.74, 6) is -1.42. The van der Waals surface area contributed by atoms with Gasteiger partial charge in [0, 0.05) is 17.7 Å². The first kappa shape index (κ1) is 16.6. The average molecular weight is 331 g/mol. The molecule has 0 aliphatic carbocycles. The maximum Gasteiger partial charge on any atom is 0.254 e. The van der Waals surface area contributed by atoms with Crippen LogP contribution in [0.25, 0.3) is 0 Å². The normalized spacial score (nSPS) is 20.5. The molecule has 5 heteroatoms. The summed E-state index contributed by atoms with van der Waals surface area (Å²) in [6.45, 7) is 3.89. The van der Waals surface area contributed by atoms with E-state index in [0.29, 0.717) is 5.56 Å². The van der Waals surface area contributed by atoms with E-state index in [9.17, 15) is 18.7 Å². The van der Waals surface area contributed by atoms with Crippen LogP contribution >= 0.6 is 0 Å². The first-order valence-electron chi connectivity index (χ1n) is 7.87. The van der Waals surface area contributed by atoms with Gasteiger partial charge >= 0.3 is 0 Å². The maximum atomic E-state index is 14.1. The van der Waals surface area contributed by atoms with Crippen molar-refractivity contribution in [1.82, 2.24) is 4.90 Å². The molecule has 3 rings (SSSR count). The van der Waals surface area contributed by atoms with Gasteiger partial charge in [0.1, 0.15) is 11.6 Å². The van der Waals surface area contributed by atoms with Gasteiger partial charge in [0.15, 0.2) is 0 Å².